The normalized spacial score (nSPS) is 10.7. The van der Waals surface area contributed by atoms with Gasteiger partial charge in [-0.1, -0.05) is 13.8 Å². The van der Waals surface area contributed by atoms with E-state index in [1.165, 1.54) is 0 Å². The largest absolute Gasteiger partial charge is 0.363 e. The molecular formula is C13H18N6O. The average molecular weight is 274 g/mol. The molecule has 0 fully saturated rings. The van der Waals surface area contributed by atoms with E-state index in [2.05, 4.69) is 25.5 Å². The number of H-pyrrole nitrogens is 1. The first kappa shape index (κ1) is 14.0. The standard InChI is InChI=1S/C13H18N6O/c1-8(2)11-16-12(18-17-11)13(20)15-9-5-6-10(14-7-9)19(3)4/h5-8H,1-4H3,(H,15,20)(H,16,17,18). The number of amides is 1. The fraction of sp³-hybridized carbons (Fsp3) is 0.385. The van der Waals surface area contributed by atoms with Crippen LogP contribution in [0, 0.1) is 0 Å². The van der Waals surface area contributed by atoms with Crippen LogP contribution in [0.3, 0.4) is 0 Å². The summed E-state index contributed by atoms with van der Waals surface area (Å²) in [6.45, 7) is 3.96. The third-order valence-electron chi connectivity index (χ3n) is 2.72. The summed E-state index contributed by atoms with van der Waals surface area (Å²) in [6, 6.07) is 3.61. The molecule has 0 spiro atoms. The average Bonchev–Trinajstić information content (AvgIpc) is 2.89. The molecule has 0 aliphatic carbocycles. The van der Waals surface area contributed by atoms with Gasteiger partial charge in [-0.15, -0.1) is 5.10 Å². The second-order valence-corrected chi connectivity index (χ2v) is 4.95. The van der Waals surface area contributed by atoms with Gasteiger partial charge < -0.3 is 10.2 Å². The van der Waals surface area contributed by atoms with Gasteiger partial charge in [0.1, 0.15) is 11.6 Å². The number of hydrogen-bond donors (Lipinski definition) is 2. The van der Waals surface area contributed by atoms with Crippen molar-refractivity contribution in [2.45, 2.75) is 19.8 Å². The molecule has 0 saturated heterocycles. The van der Waals surface area contributed by atoms with E-state index in [1.807, 2.05) is 38.9 Å². The highest BCUT2D eigenvalue weighted by Gasteiger charge is 2.14. The number of nitrogens with zero attached hydrogens (tertiary/aromatic N) is 4. The lowest BCUT2D eigenvalue weighted by Crippen LogP contribution is -2.15. The molecule has 0 aromatic carbocycles. The van der Waals surface area contributed by atoms with Crippen molar-refractivity contribution in [2.75, 3.05) is 24.3 Å². The maximum absolute atomic E-state index is 12.0. The number of carbonyl (C=O) groups excluding carboxylic acids is 1. The van der Waals surface area contributed by atoms with Gasteiger partial charge in [-0.3, -0.25) is 9.89 Å². The first-order valence-electron chi connectivity index (χ1n) is 6.34. The highest BCUT2D eigenvalue weighted by Crippen LogP contribution is 2.13. The van der Waals surface area contributed by atoms with Crippen LogP contribution in [0.1, 0.15) is 36.2 Å². The molecule has 106 valence electrons. The zero-order valence-electron chi connectivity index (χ0n) is 12.0. The fourth-order valence-electron chi connectivity index (χ4n) is 1.55. The first-order chi connectivity index (χ1) is 9.47. The predicted octanol–water partition coefficient (Wildman–Crippen LogP) is 1.64. The van der Waals surface area contributed by atoms with Crippen molar-refractivity contribution in [3.63, 3.8) is 0 Å². The second-order valence-electron chi connectivity index (χ2n) is 4.95. The lowest BCUT2D eigenvalue weighted by Gasteiger charge is -2.11. The van der Waals surface area contributed by atoms with Crippen molar-refractivity contribution in [2.24, 2.45) is 0 Å². The van der Waals surface area contributed by atoms with Crippen molar-refractivity contribution in [1.29, 1.82) is 0 Å². The number of aromatic amines is 1. The summed E-state index contributed by atoms with van der Waals surface area (Å²) < 4.78 is 0. The quantitative estimate of drug-likeness (QED) is 0.885. The number of hydrogen-bond acceptors (Lipinski definition) is 5. The zero-order chi connectivity index (χ0) is 14.7. The second kappa shape index (κ2) is 5.68. The minimum atomic E-state index is -0.354. The molecular weight excluding hydrogens is 256 g/mol. The maximum Gasteiger partial charge on any atom is 0.295 e. The van der Waals surface area contributed by atoms with Gasteiger partial charge in [-0.25, -0.2) is 9.97 Å². The molecule has 0 aliphatic heterocycles. The van der Waals surface area contributed by atoms with E-state index in [9.17, 15) is 4.79 Å². The van der Waals surface area contributed by atoms with Crippen LogP contribution in [0.25, 0.3) is 0 Å². The van der Waals surface area contributed by atoms with Crippen LogP contribution in [0.4, 0.5) is 11.5 Å². The maximum atomic E-state index is 12.0. The van der Waals surface area contributed by atoms with Crippen molar-refractivity contribution in [3.8, 4) is 0 Å². The molecule has 7 heteroatoms. The number of pyridine rings is 1. The van der Waals surface area contributed by atoms with Crippen LogP contribution in [-0.4, -0.2) is 40.2 Å². The molecule has 2 heterocycles. The molecule has 0 unspecified atom stereocenters. The Morgan fingerprint density at radius 2 is 2.10 bits per heavy atom. The number of rotatable bonds is 4. The van der Waals surface area contributed by atoms with E-state index < -0.39 is 0 Å². The van der Waals surface area contributed by atoms with Crippen LogP contribution in [0.5, 0.6) is 0 Å². The zero-order valence-corrected chi connectivity index (χ0v) is 12.0. The van der Waals surface area contributed by atoms with E-state index >= 15 is 0 Å². The first-order valence-corrected chi connectivity index (χ1v) is 6.34. The molecule has 0 bridgehead atoms. The Kier molecular flexibility index (Phi) is 3.97. The van der Waals surface area contributed by atoms with Crippen LogP contribution in [-0.2, 0) is 0 Å². The summed E-state index contributed by atoms with van der Waals surface area (Å²) in [7, 11) is 3.81. The monoisotopic (exact) mass is 274 g/mol. The topological polar surface area (TPSA) is 86.8 Å². The van der Waals surface area contributed by atoms with Gasteiger partial charge >= 0.3 is 0 Å². The lowest BCUT2D eigenvalue weighted by atomic mass is 10.2. The van der Waals surface area contributed by atoms with Crippen molar-refractivity contribution in [1.82, 2.24) is 20.2 Å². The third-order valence-corrected chi connectivity index (χ3v) is 2.72. The minimum Gasteiger partial charge on any atom is -0.363 e. The summed E-state index contributed by atoms with van der Waals surface area (Å²) in [5.74, 6) is 1.49. The number of carbonyl (C=O) groups is 1. The Morgan fingerprint density at radius 3 is 2.60 bits per heavy atom. The van der Waals surface area contributed by atoms with E-state index in [1.54, 1.807) is 12.3 Å². The Hall–Kier alpha value is -2.44. The van der Waals surface area contributed by atoms with Crippen LogP contribution < -0.4 is 10.2 Å². The van der Waals surface area contributed by atoms with E-state index in [0.29, 0.717) is 11.5 Å². The third kappa shape index (κ3) is 3.11. The number of aromatic nitrogens is 4. The molecule has 20 heavy (non-hydrogen) atoms. The number of nitrogens with one attached hydrogen (secondary N) is 2. The van der Waals surface area contributed by atoms with Gasteiger partial charge in [0.25, 0.3) is 5.91 Å². The van der Waals surface area contributed by atoms with Crippen LogP contribution in [0.2, 0.25) is 0 Å². The van der Waals surface area contributed by atoms with Crippen molar-refractivity contribution in [3.05, 3.63) is 30.0 Å². The Balaban J connectivity index is 2.06. The van der Waals surface area contributed by atoms with Gasteiger partial charge in [-0.2, -0.15) is 0 Å². The highest BCUT2D eigenvalue weighted by atomic mass is 16.2. The van der Waals surface area contributed by atoms with Gasteiger partial charge in [-0.05, 0) is 12.1 Å². The summed E-state index contributed by atoms with van der Waals surface area (Å²) in [5, 5.41) is 9.37. The molecule has 0 aliphatic rings. The molecule has 2 N–H and O–H groups in total. The van der Waals surface area contributed by atoms with Crippen LogP contribution >= 0.6 is 0 Å². The molecule has 2 aromatic heterocycles. The molecule has 2 aromatic rings. The van der Waals surface area contributed by atoms with Gasteiger partial charge in [0.15, 0.2) is 0 Å². The Bertz CT molecular complexity index is 587. The molecule has 0 atom stereocenters. The van der Waals surface area contributed by atoms with Crippen molar-refractivity contribution >= 4 is 17.4 Å². The summed E-state index contributed by atoms with van der Waals surface area (Å²) in [6.07, 6.45) is 1.60. The van der Waals surface area contributed by atoms with E-state index in [-0.39, 0.29) is 17.6 Å². The van der Waals surface area contributed by atoms with E-state index in [0.717, 1.165) is 5.82 Å². The highest BCUT2D eigenvalue weighted by molar-refractivity contribution is 6.01. The number of anilines is 2. The minimum absolute atomic E-state index is 0.130. The SMILES string of the molecule is CC(C)c1nc(C(=O)Nc2ccc(N(C)C)nc2)n[nH]1. The lowest BCUT2D eigenvalue weighted by molar-refractivity contribution is 0.101. The van der Waals surface area contributed by atoms with Crippen molar-refractivity contribution < 1.29 is 4.79 Å². The molecule has 0 saturated carbocycles. The molecule has 1 amide bonds. The molecule has 7 nitrogen and oxygen atoms in total. The van der Waals surface area contributed by atoms with Gasteiger partial charge in [0.2, 0.25) is 5.82 Å². The predicted molar refractivity (Wildman–Crippen MR) is 77.0 cm³/mol. The Morgan fingerprint density at radius 1 is 1.35 bits per heavy atom. The van der Waals surface area contributed by atoms with Crippen LogP contribution in [0.15, 0.2) is 18.3 Å². The molecule has 0 radical (unpaired) electrons. The van der Waals surface area contributed by atoms with Gasteiger partial charge in [0, 0.05) is 20.0 Å². The van der Waals surface area contributed by atoms with Gasteiger partial charge in [0.05, 0.1) is 11.9 Å². The fourth-order valence-corrected chi connectivity index (χ4v) is 1.55. The summed E-state index contributed by atoms with van der Waals surface area (Å²) in [4.78, 5) is 22.2. The molecule has 2 rings (SSSR count). The summed E-state index contributed by atoms with van der Waals surface area (Å²) in [5.41, 5.74) is 0.608. The Labute approximate surface area is 117 Å². The van der Waals surface area contributed by atoms with E-state index in [4.69, 9.17) is 0 Å². The summed E-state index contributed by atoms with van der Waals surface area (Å²) >= 11 is 0. The smallest absolute Gasteiger partial charge is 0.295 e.